The van der Waals surface area contributed by atoms with Crippen molar-refractivity contribution in [1.29, 1.82) is 0 Å². The van der Waals surface area contributed by atoms with Crippen LogP contribution in [0, 0.1) is 17.3 Å². The molecule has 1 spiro atoms. The molecule has 1 heterocycles. The zero-order valence-electron chi connectivity index (χ0n) is 22.1. The molecule has 3 unspecified atom stereocenters. The molecule has 1 aromatic carbocycles. The van der Waals surface area contributed by atoms with E-state index in [1.165, 1.54) is 16.7 Å². The molecule has 1 aliphatic heterocycles. The Morgan fingerprint density at radius 3 is 2.56 bits per heavy atom. The predicted octanol–water partition coefficient (Wildman–Crippen LogP) is 4.46. The number of Topliss-reactive ketones (excluding diaryl/α,β-unsaturated/α-hetero) is 1. The molecule has 36 heavy (non-hydrogen) atoms. The highest BCUT2D eigenvalue weighted by Crippen LogP contribution is 2.64. The van der Waals surface area contributed by atoms with Gasteiger partial charge in [-0.25, -0.2) is 0 Å². The van der Waals surface area contributed by atoms with Gasteiger partial charge in [-0.1, -0.05) is 24.6 Å². The molecule has 1 aromatic rings. The number of ether oxygens (including phenoxy) is 3. The summed E-state index contributed by atoms with van der Waals surface area (Å²) in [6.45, 7) is 4.96. The molecule has 5 aliphatic rings. The molecular formula is C30H41NO5. The monoisotopic (exact) mass is 495 g/mol. The molecule has 0 bridgehead atoms. The lowest BCUT2D eigenvalue weighted by Gasteiger charge is -2.55. The summed E-state index contributed by atoms with van der Waals surface area (Å²) in [6.07, 6.45) is 6.31. The zero-order valence-corrected chi connectivity index (χ0v) is 22.1. The number of nitrogens with zero attached hydrogens (tertiary/aromatic N) is 1. The Kier molecular flexibility index (Phi) is 6.11. The topological polar surface area (TPSA) is 68.2 Å². The largest absolute Gasteiger partial charge is 0.492 e. The lowest BCUT2D eigenvalue weighted by molar-refractivity contribution is -0.208. The molecule has 4 aliphatic carbocycles. The molecule has 196 valence electrons. The van der Waals surface area contributed by atoms with Crippen LogP contribution in [0.3, 0.4) is 0 Å². The van der Waals surface area contributed by atoms with Gasteiger partial charge in [0.05, 0.1) is 18.8 Å². The van der Waals surface area contributed by atoms with E-state index in [9.17, 15) is 9.90 Å². The van der Waals surface area contributed by atoms with Crippen molar-refractivity contribution in [3.63, 3.8) is 0 Å². The number of hydrogen-bond acceptors (Lipinski definition) is 6. The highest BCUT2D eigenvalue weighted by atomic mass is 16.7. The van der Waals surface area contributed by atoms with Crippen molar-refractivity contribution in [2.75, 3.05) is 40.5 Å². The minimum Gasteiger partial charge on any atom is -0.492 e. The van der Waals surface area contributed by atoms with Crippen molar-refractivity contribution in [1.82, 2.24) is 4.90 Å². The fourth-order valence-electron chi connectivity index (χ4n) is 8.23. The third kappa shape index (κ3) is 3.96. The van der Waals surface area contributed by atoms with Gasteiger partial charge >= 0.3 is 0 Å². The van der Waals surface area contributed by atoms with Crippen molar-refractivity contribution < 1.29 is 24.1 Å². The van der Waals surface area contributed by atoms with Gasteiger partial charge in [-0.3, -0.25) is 4.79 Å². The summed E-state index contributed by atoms with van der Waals surface area (Å²) >= 11 is 0. The smallest absolute Gasteiger partial charge is 0.171 e. The van der Waals surface area contributed by atoms with Crippen molar-refractivity contribution >= 4 is 5.78 Å². The summed E-state index contributed by atoms with van der Waals surface area (Å²) in [7, 11) is 4.09. The highest BCUT2D eigenvalue weighted by Gasteiger charge is 2.60. The molecule has 5 atom stereocenters. The minimum absolute atomic E-state index is 0.149. The fraction of sp³-hybridized carbons (Fsp3) is 0.700. The van der Waals surface area contributed by atoms with Crippen LogP contribution < -0.4 is 4.74 Å². The Morgan fingerprint density at radius 1 is 1.08 bits per heavy atom. The molecule has 6 nitrogen and oxygen atoms in total. The number of hydrogen-bond donors (Lipinski definition) is 1. The molecule has 3 saturated carbocycles. The average molecular weight is 496 g/mol. The van der Waals surface area contributed by atoms with E-state index in [2.05, 4.69) is 36.1 Å². The normalized spacial score (nSPS) is 37.2. The number of ketones is 1. The van der Waals surface area contributed by atoms with Gasteiger partial charge in [-0.05, 0) is 81.3 Å². The number of likely N-dealkylation sites (N-methyl/N-ethyl adjacent to an activating group) is 1. The first kappa shape index (κ1) is 24.6. The van der Waals surface area contributed by atoms with Crippen molar-refractivity contribution in [3.8, 4) is 5.75 Å². The first-order valence-electron chi connectivity index (χ1n) is 13.9. The SMILES string of the molecule is CN(C)CCOc1ccc([C@@H]2C[C@]3(C)C(=O)CCC3C3CCC4(O)CC5(CCC4=C32)OCCO5)cc1. The summed E-state index contributed by atoms with van der Waals surface area (Å²) < 4.78 is 18.0. The van der Waals surface area contributed by atoms with E-state index < -0.39 is 11.4 Å². The number of aliphatic hydroxyl groups is 1. The molecular weight excluding hydrogens is 454 g/mol. The molecule has 6 heteroatoms. The number of fused-ring (bicyclic) bond motifs is 4. The third-order valence-corrected chi connectivity index (χ3v) is 10.0. The second kappa shape index (κ2) is 8.93. The van der Waals surface area contributed by atoms with Crippen LogP contribution in [0.4, 0.5) is 0 Å². The zero-order chi connectivity index (χ0) is 25.1. The van der Waals surface area contributed by atoms with Crippen molar-refractivity contribution in [2.45, 2.75) is 75.6 Å². The minimum atomic E-state index is -0.877. The Hall–Kier alpha value is -1.73. The number of carbonyl (C=O) groups excluding carboxylic acids is 1. The molecule has 1 saturated heterocycles. The summed E-state index contributed by atoms with van der Waals surface area (Å²) in [4.78, 5) is 15.3. The fourth-order valence-corrected chi connectivity index (χ4v) is 8.23. The number of allylic oxidation sites excluding steroid dienone is 1. The summed E-state index contributed by atoms with van der Waals surface area (Å²) in [6, 6.07) is 8.51. The van der Waals surface area contributed by atoms with E-state index in [0.29, 0.717) is 50.3 Å². The molecule has 6 rings (SSSR count). The van der Waals surface area contributed by atoms with E-state index in [-0.39, 0.29) is 11.3 Å². The van der Waals surface area contributed by atoms with Crippen LogP contribution >= 0.6 is 0 Å². The van der Waals surface area contributed by atoms with Gasteiger partial charge in [-0.15, -0.1) is 0 Å². The van der Waals surface area contributed by atoms with Gasteiger partial charge in [0.2, 0.25) is 0 Å². The van der Waals surface area contributed by atoms with Gasteiger partial charge in [0.25, 0.3) is 0 Å². The van der Waals surface area contributed by atoms with Crippen molar-refractivity contribution in [3.05, 3.63) is 41.0 Å². The van der Waals surface area contributed by atoms with Gasteiger partial charge in [0.15, 0.2) is 5.79 Å². The Morgan fingerprint density at radius 2 is 1.83 bits per heavy atom. The average Bonchev–Trinajstić information content (AvgIpc) is 3.41. The maximum Gasteiger partial charge on any atom is 0.171 e. The molecule has 0 aromatic heterocycles. The second-order valence-electron chi connectivity index (χ2n) is 12.4. The van der Waals surface area contributed by atoms with Crippen molar-refractivity contribution in [2.24, 2.45) is 17.3 Å². The third-order valence-electron chi connectivity index (χ3n) is 10.0. The van der Waals surface area contributed by atoms with E-state index in [1.807, 2.05) is 14.1 Å². The van der Waals surface area contributed by atoms with Crippen LogP contribution in [0.15, 0.2) is 35.4 Å². The van der Waals surface area contributed by atoms with Gasteiger partial charge in [0, 0.05) is 37.1 Å². The Bertz CT molecular complexity index is 1040. The van der Waals surface area contributed by atoms with Gasteiger partial charge in [0.1, 0.15) is 18.1 Å². The van der Waals surface area contributed by atoms with Gasteiger partial charge < -0.3 is 24.2 Å². The van der Waals surface area contributed by atoms with Crippen LogP contribution in [0.25, 0.3) is 0 Å². The molecule has 1 N–H and O–H groups in total. The van der Waals surface area contributed by atoms with E-state index >= 15 is 0 Å². The lowest BCUT2D eigenvalue weighted by atomic mass is 9.51. The number of carbonyl (C=O) groups is 1. The molecule has 4 fully saturated rings. The van der Waals surface area contributed by atoms with Crippen LogP contribution in [-0.4, -0.2) is 67.6 Å². The van der Waals surface area contributed by atoms with Crippen LogP contribution in [0.2, 0.25) is 0 Å². The second-order valence-corrected chi connectivity index (χ2v) is 12.4. The summed E-state index contributed by atoms with van der Waals surface area (Å²) in [5.41, 5.74) is 2.73. The Balaban J connectivity index is 1.36. The first-order chi connectivity index (χ1) is 17.2. The quantitative estimate of drug-likeness (QED) is 0.608. The van der Waals surface area contributed by atoms with Crippen LogP contribution in [0.1, 0.15) is 69.8 Å². The van der Waals surface area contributed by atoms with Crippen LogP contribution in [0.5, 0.6) is 5.75 Å². The maximum atomic E-state index is 13.2. The van der Waals surface area contributed by atoms with Gasteiger partial charge in [-0.2, -0.15) is 0 Å². The van der Waals surface area contributed by atoms with E-state index in [1.54, 1.807) is 0 Å². The number of benzene rings is 1. The summed E-state index contributed by atoms with van der Waals surface area (Å²) in [5, 5.41) is 12.1. The Labute approximate surface area is 215 Å². The maximum absolute atomic E-state index is 13.2. The van der Waals surface area contributed by atoms with E-state index in [4.69, 9.17) is 14.2 Å². The number of rotatable bonds is 5. The lowest BCUT2D eigenvalue weighted by Crippen LogP contribution is -2.53. The predicted molar refractivity (Wildman–Crippen MR) is 137 cm³/mol. The first-order valence-corrected chi connectivity index (χ1v) is 13.9. The highest BCUT2D eigenvalue weighted by molar-refractivity contribution is 5.87. The molecule has 0 radical (unpaired) electrons. The van der Waals surface area contributed by atoms with Crippen LogP contribution in [-0.2, 0) is 14.3 Å². The molecule has 0 amide bonds. The van der Waals surface area contributed by atoms with E-state index in [0.717, 1.165) is 50.8 Å². The standard InChI is InChI=1S/C30H41NO5/c1-28-18-23(20-4-6-21(7-5-20)34-15-14-31(2)3)27-22(24(28)8-9-26(28)32)10-12-29(33)19-30(13-11-25(27)29)35-16-17-36-30/h4-7,22-24,33H,8-19H2,1-3H3/t22?,23-,24?,28-,29?/m0/s1. The summed E-state index contributed by atoms with van der Waals surface area (Å²) in [5.74, 6) is 1.58.